The average Bonchev–Trinajstić information content (AvgIpc) is 2.67. The van der Waals surface area contributed by atoms with E-state index < -0.39 is 0 Å². The highest BCUT2D eigenvalue weighted by Gasteiger charge is 2.15. The molecule has 0 radical (unpaired) electrons. The van der Waals surface area contributed by atoms with Gasteiger partial charge in [0.2, 0.25) is 0 Å². The lowest BCUT2D eigenvalue weighted by Crippen LogP contribution is -2.29. The summed E-state index contributed by atoms with van der Waals surface area (Å²) in [5.41, 5.74) is 1.68. The van der Waals surface area contributed by atoms with Crippen LogP contribution in [0.2, 0.25) is 5.02 Å². The maximum atomic E-state index is 12.2. The van der Waals surface area contributed by atoms with Crippen molar-refractivity contribution in [2.24, 2.45) is 0 Å². The third kappa shape index (κ3) is 4.61. The first kappa shape index (κ1) is 18.4. The molecule has 138 valence electrons. The molecule has 1 amide bonds. The first-order valence-electron chi connectivity index (χ1n) is 8.77. The van der Waals surface area contributed by atoms with Crippen molar-refractivity contribution in [3.8, 4) is 11.5 Å². The van der Waals surface area contributed by atoms with Crippen LogP contribution in [0.1, 0.15) is 19.3 Å². The summed E-state index contributed by atoms with van der Waals surface area (Å²) in [5, 5.41) is 3.46. The second-order valence-electron chi connectivity index (χ2n) is 6.20. The molecule has 0 spiro atoms. The zero-order valence-electron chi connectivity index (χ0n) is 14.8. The maximum absolute atomic E-state index is 12.2. The Labute approximate surface area is 158 Å². The summed E-state index contributed by atoms with van der Waals surface area (Å²) in [6.45, 7) is 1.95. The van der Waals surface area contributed by atoms with Crippen molar-refractivity contribution in [2.45, 2.75) is 19.3 Å². The number of nitrogens with one attached hydrogen (secondary N) is 1. The molecule has 1 aliphatic rings. The fraction of sp³-hybridized carbons (Fsp3) is 0.350. The molecule has 2 aromatic carbocycles. The van der Waals surface area contributed by atoms with Crippen LogP contribution in [0.15, 0.2) is 42.5 Å². The Morgan fingerprint density at radius 1 is 1.12 bits per heavy atom. The van der Waals surface area contributed by atoms with Crippen molar-refractivity contribution in [1.29, 1.82) is 0 Å². The number of anilines is 2. The summed E-state index contributed by atoms with van der Waals surface area (Å²) >= 11 is 6.42. The van der Waals surface area contributed by atoms with Gasteiger partial charge in [-0.3, -0.25) is 4.79 Å². The number of hydrogen-bond donors (Lipinski definition) is 1. The molecule has 1 N–H and O–H groups in total. The fourth-order valence-corrected chi connectivity index (χ4v) is 3.35. The van der Waals surface area contributed by atoms with Crippen molar-refractivity contribution in [3.05, 3.63) is 47.5 Å². The second kappa shape index (κ2) is 8.81. The molecule has 0 saturated carbocycles. The topological polar surface area (TPSA) is 50.8 Å². The smallest absolute Gasteiger partial charge is 0.262 e. The number of amides is 1. The summed E-state index contributed by atoms with van der Waals surface area (Å²) in [6, 6.07) is 12.8. The van der Waals surface area contributed by atoms with E-state index in [9.17, 15) is 4.79 Å². The summed E-state index contributed by atoms with van der Waals surface area (Å²) in [6.07, 6.45) is 3.65. The normalized spacial score (nSPS) is 14.0. The molecule has 26 heavy (non-hydrogen) atoms. The van der Waals surface area contributed by atoms with Gasteiger partial charge >= 0.3 is 0 Å². The Kier molecular flexibility index (Phi) is 6.23. The standard InChI is InChI=1S/C20H23ClN2O3/c1-25-18-7-3-4-8-19(18)26-14-20(24)22-15-9-10-17(16(21)13-15)23-11-5-2-6-12-23/h3-4,7-10,13H,2,5-6,11-12,14H2,1H3,(H,22,24). The Balaban J connectivity index is 1.58. The molecule has 0 unspecified atom stereocenters. The molecule has 5 nitrogen and oxygen atoms in total. The SMILES string of the molecule is COc1ccccc1OCC(=O)Nc1ccc(N2CCCCC2)c(Cl)c1. The minimum absolute atomic E-state index is 0.105. The van der Waals surface area contributed by atoms with Gasteiger partial charge in [-0.1, -0.05) is 23.7 Å². The number of nitrogens with zero attached hydrogens (tertiary/aromatic N) is 1. The van der Waals surface area contributed by atoms with E-state index in [1.807, 2.05) is 24.3 Å². The monoisotopic (exact) mass is 374 g/mol. The number of carbonyl (C=O) groups is 1. The summed E-state index contributed by atoms with van der Waals surface area (Å²) < 4.78 is 10.7. The maximum Gasteiger partial charge on any atom is 0.262 e. The molecule has 1 fully saturated rings. The number of rotatable bonds is 6. The van der Waals surface area contributed by atoms with E-state index in [4.69, 9.17) is 21.1 Å². The van der Waals surface area contributed by atoms with Gasteiger partial charge in [-0.25, -0.2) is 0 Å². The lowest BCUT2D eigenvalue weighted by atomic mass is 10.1. The first-order valence-corrected chi connectivity index (χ1v) is 9.15. The summed E-state index contributed by atoms with van der Waals surface area (Å²) in [7, 11) is 1.56. The highest BCUT2D eigenvalue weighted by Crippen LogP contribution is 2.31. The molecular formula is C20H23ClN2O3. The molecule has 0 aromatic heterocycles. The van der Waals surface area contributed by atoms with Crippen LogP contribution in [0.5, 0.6) is 11.5 Å². The third-order valence-corrected chi connectivity index (χ3v) is 4.66. The minimum atomic E-state index is -0.252. The van der Waals surface area contributed by atoms with E-state index >= 15 is 0 Å². The molecule has 2 aromatic rings. The third-order valence-electron chi connectivity index (χ3n) is 4.36. The minimum Gasteiger partial charge on any atom is -0.493 e. The molecular weight excluding hydrogens is 352 g/mol. The second-order valence-corrected chi connectivity index (χ2v) is 6.61. The van der Waals surface area contributed by atoms with Crippen molar-refractivity contribution < 1.29 is 14.3 Å². The molecule has 1 heterocycles. The highest BCUT2D eigenvalue weighted by atomic mass is 35.5. The van der Waals surface area contributed by atoms with Gasteiger partial charge in [0, 0.05) is 18.8 Å². The summed E-state index contributed by atoms with van der Waals surface area (Å²) in [5.74, 6) is 0.871. The fourth-order valence-electron chi connectivity index (χ4n) is 3.05. The van der Waals surface area contributed by atoms with Crippen LogP contribution < -0.4 is 19.7 Å². The molecule has 0 atom stereocenters. The number of carbonyl (C=O) groups excluding carboxylic acids is 1. The van der Waals surface area contributed by atoms with Gasteiger partial charge in [0.05, 0.1) is 17.8 Å². The van der Waals surface area contributed by atoms with Crippen molar-refractivity contribution in [2.75, 3.05) is 37.0 Å². The van der Waals surface area contributed by atoms with Crippen molar-refractivity contribution >= 4 is 28.9 Å². The van der Waals surface area contributed by atoms with Crippen LogP contribution in [0, 0.1) is 0 Å². The Bertz CT molecular complexity index is 760. The zero-order valence-corrected chi connectivity index (χ0v) is 15.6. The molecule has 3 rings (SSSR count). The number of benzene rings is 2. The van der Waals surface area contributed by atoms with E-state index in [0.29, 0.717) is 22.2 Å². The van der Waals surface area contributed by atoms with Crippen molar-refractivity contribution in [1.82, 2.24) is 0 Å². The molecule has 6 heteroatoms. The number of hydrogen-bond acceptors (Lipinski definition) is 4. The van der Waals surface area contributed by atoms with E-state index in [2.05, 4.69) is 10.2 Å². The van der Waals surface area contributed by atoms with E-state index in [-0.39, 0.29) is 12.5 Å². The van der Waals surface area contributed by atoms with Gasteiger partial charge in [-0.05, 0) is 49.6 Å². The predicted octanol–water partition coefficient (Wildman–Crippen LogP) is 4.36. The van der Waals surface area contributed by atoms with Gasteiger partial charge in [0.1, 0.15) is 0 Å². The van der Waals surface area contributed by atoms with Gasteiger partial charge in [-0.15, -0.1) is 0 Å². The number of methoxy groups -OCH3 is 1. The molecule has 1 saturated heterocycles. The van der Waals surface area contributed by atoms with Crippen LogP contribution in [-0.4, -0.2) is 32.7 Å². The number of piperidine rings is 1. The summed E-state index contributed by atoms with van der Waals surface area (Å²) in [4.78, 5) is 14.4. The lowest BCUT2D eigenvalue weighted by molar-refractivity contribution is -0.118. The first-order chi connectivity index (χ1) is 12.7. The van der Waals surface area contributed by atoms with E-state index in [0.717, 1.165) is 18.8 Å². The quantitative estimate of drug-likeness (QED) is 0.816. The predicted molar refractivity (Wildman–Crippen MR) is 105 cm³/mol. The van der Waals surface area contributed by atoms with Crippen LogP contribution in [0.4, 0.5) is 11.4 Å². The van der Waals surface area contributed by atoms with Crippen LogP contribution >= 0.6 is 11.6 Å². The number of para-hydroxylation sites is 2. The van der Waals surface area contributed by atoms with E-state index in [1.54, 1.807) is 25.3 Å². The van der Waals surface area contributed by atoms with Gasteiger partial charge < -0.3 is 19.7 Å². The van der Waals surface area contributed by atoms with Crippen LogP contribution in [0.3, 0.4) is 0 Å². The largest absolute Gasteiger partial charge is 0.493 e. The Morgan fingerprint density at radius 3 is 2.54 bits per heavy atom. The zero-order chi connectivity index (χ0) is 18.4. The van der Waals surface area contributed by atoms with Crippen LogP contribution in [-0.2, 0) is 4.79 Å². The highest BCUT2D eigenvalue weighted by molar-refractivity contribution is 6.33. The number of halogens is 1. The van der Waals surface area contributed by atoms with E-state index in [1.165, 1.54) is 19.3 Å². The van der Waals surface area contributed by atoms with Crippen LogP contribution in [0.25, 0.3) is 0 Å². The molecule has 0 bridgehead atoms. The molecule has 1 aliphatic heterocycles. The van der Waals surface area contributed by atoms with Crippen molar-refractivity contribution in [3.63, 3.8) is 0 Å². The Morgan fingerprint density at radius 2 is 1.85 bits per heavy atom. The van der Waals surface area contributed by atoms with Gasteiger partial charge in [-0.2, -0.15) is 0 Å². The number of ether oxygens (including phenoxy) is 2. The van der Waals surface area contributed by atoms with Gasteiger partial charge in [0.25, 0.3) is 5.91 Å². The van der Waals surface area contributed by atoms with Gasteiger partial charge in [0.15, 0.2) is 18.1 Å². The Hall–Kier alpha value is -2.40. The lowest BCUT2D eigenvalue weighted by Gasteiger charge is -2.29. The average molecular weight is 375 g/mol. The molecule has 0 aliphatic carbocycles.